The number of methoxy groups -OCH3 is 1. The molecule has 1 heterocycles. The molecule has 2 amide bonds. The van der Waals surface area contributed by atoms with Crippen molar-refractivity contribution in [3.05, 3.63) is 60.8 Å². The second-order valence-corrected chi connectivity index (χ2v) is 6.65. The summed E-state index contributed by atoms with van der Waals surface area (Å²) in [6, 6.07) is 16.2. The first-order chi connectivity index (χ1) is 12.9. The molecular formula is C21H21N3O3. The minimum Gasteiger partial charge on any atom is -0.497 e. The summed E-state index contributed by atoms with van der Waals surface area (Å²) in [7, 11) is 1.55. The van der Waals surface area contributed by atoms with Gasteiger partial charge in [-0.2, -0.15) is 0 Å². The third-order valence-electron chi connectivity index (χ3n) is 4.34. The van der Waals surface area contributed by atoms with Crippen LogP contribution >= 0.6 is 0 Å². The Balaban J connectivity index is 1.78. The fourth-order valence-electron chi connectivity index (χ4n) is 2.57. The summed E-state index contributed by atoms with van der Waals surface area (Å²) in [5, 5.41) is 6.50. The van der Waals surface area contributed by atoms with Crippen LogP contribution in [0.5, 0.6) is 5.75 Å². The van der Waals surface area contributed by atoms with Crippen LogP contribution in [-0.4, -0.2) is 23.9 Å². The van der Waals surface area contributed by atoms with Crippen LogP contribution in [0.25, 0.3) is 10.9 Å². The van der Waals surface area contributed by atoms with Crippen molar-refractivity contribution in [2.75, 3.05) is 17.7 Å². The standard InChI is InChI=1S/C21H21N3O3/c1-21(2,19(25)23-15-9-5-10-16(13-15)27-3)20(26)24-17-11-4-7-14-8-6-12-22-18(14)17/h4-13H,1-3H3,(H,23,25)(H,24,26). The number of nitrogens with zero attached hydrogens (tertiary/aromatic N) is 1. The molecule has 27 heavy (non-hydrogen) atoms. The second kappa shape index (κ2) is 7.45. The molecule has 0 unspecified atom stereocenters. The Morgan fingerprint density at radius 2 is 1.67 bits per heavy atom. The highest BCUT2D eigenvalue weighted by Gasteiger charge is 2.36. The Labute approximate surface area is 157 Å². The lowest BCUT2D eigenvalue weighted by Gasteiger charge is -2.23. The van der Waals surface area contributed by atoms with Crippen LogP contribution in [0.1, 0.15) is 13.8 Å². The van der Waals surface area contributed by atoms with Crippen LogP contribution < -0.4 is 15.4 Å². The van der Waals surface area contributed by atoms with Crippen molar-refractivity contribution in [2.24, 2.45) is 5.41 Å². The molecular weight excluding hydrogens is 342 g/mol. The molecule has 1 aromatic heterocycles. The molecule has 3 aromatic rings. The Kier molecular flexibility index (Phi) is 5.07. The van der Waals surface area contributed by atoms with Gasteiger partial charge in [0.1, 0.15) is 11.2 Å². The van der Waals surface area contributed by atoms with Crippen LogP contribution in [0.2, 0.25) is 0 Å². The molecule has 0 spiro atoms. The molecule has 0 saturated heterocycles. The zero-order valence-corrected chi connectivity index (χ0v) is 15.4. The van der Waals surface area contributed by atoms with Crippen molar-refractivity contribution in [1.82, 2.24) is 4.98 Å². The highest BCUT2D eigenvalue weighted by molar-refractivity contribution is 6.15. The summed E-state index contributed by atoms with van der Waals surface area (Å²) in [6.45, 7) is 3.16. The van der Waals surface area contributed by atoms with E-state index in [-0.39, 0.29) is 0 Å². The van der Waals surface area contributed by atoms with Crippen molar-refractivity contribution < 1.29 is 14.3 Å². The van der Waals surface area contributed by atoms with E-state index in [9.17, 15) is 9.59 Å². The van der Waals surface area contributed by atoms with Gasteiger partial charge in [0.15, 0.2) is 0 Å². The molecule has 0 radical (unpaired) electrons. The van der Waals surface area contributed by atoms with Crippen molar-refractivity contribution >= 4 is 34.1 Å². The van der Waals surface area contributed by atoms with E-state index < -0.39 is 17.2 Å². The smallest absolute Gasteiger partial charge is 0.239 e. The summed E-state index contributed by atoms with van der Waals surface area (Å²) in [6.07, 6.45) is 1.67. The SMILES string of the molecule is COc1cccc(NC(=O)C(C)(C)C(=O)Nc2cccc3cccnc23)c1. The minimum absolute atomic E-state index is 0.415. The fourth-order valence-corrected chi connectivity index (χ4v) is 2.57. The summed E-state index contributed by atoms with van der Waals surface area (Å²) >= 11 is 0. The maximum atomic E-state index is 12.8. The Morgan fingerprint density at radius 1 is 0.963 bits per heavy atom. The summed E-state index contributed by atoms with van der Waals surface area (Å²) < 4.78 is 5.15. The number of ether oxygens (including phenoxy) is 1. The number of anilines is 2. The van der Waals surface area contributed by atoms with Crippen LogP contribution in [0.15, 0.2) is 60.8 Å². The number of pyridine rings is 1. The molecule has 2 N–H and O–H groups in total. The van der Waals surface area contributed by atoms with Gasteiger partial charge >= 0.3 is 0 Å². The highest BCUT2D eigenvalue weighted by atomic mass is 16.5. The fraction of sp³-hybridized carbons (Fsp3) is 0.190. The van der Waals surface area contributed by atoms with E-state index in [1.807, 2.05) is 24.3 Å². The van der Waals surface area contributed by atoms with Gasteiger partial charge in [-0.1, -0.05) is 24.3 Å². The van der Waals surface area contributed by atoms with E-state index in [0.717, 1.165) is 5.39 Å². The number of benzene rings is 2. The van der Waals surface area contributed by atoms with Gasteiger partial charge in [0.25, 0.3) is 0 Å². The molecule has 6 heteroatoms. The first-order valence-corrected chi connectivity index (χ1v) is 8.52. The average Bonchev–Trinajstić information content (AvgIpc) is 2.68. The molecule has 0 aliphatic carbocycles. The first kappa shape index (κ1) is 18.4. The van der Waals surface area contributed by atoms with E-state index in [2.05, 4.69) is 15.6 Å². The van der Waals surface area contributed by atoms with Crippen molar-refractivity contribution in [3.63, 3.8) is 0 Å². The first-order valence-electron chi connectivity index (χ1n) is 8.52. The summed E-state index contributed by atoms with van der Waals surface area (Å²) in [4.78, 5) is 29.8. The predicted octanol–water partition coefficient (Wildman–Crippen LogP) is 3.85. The van der Waals surface area contributed by atoms with Gasteiger partial charge in [-0.3, -0.25) is 14.6 Å². The van der Waals surface area contributed by atoms with Crippen molar-refractivity contribution in [2.45, 2.75) is 13.8 Å². The summed E-state index contributed by atoms with van der Waals surface area (Å²) in [5.74, 6) is -0.209. The molecule has 0 aliphatic heterocycles. The van der Waals surface area contributed by atoms with Gasteiger partial charge in [0, 0.05) is 23.3 Å². The molecule has 0 aliphatic rings. The van der Waals surface area contributed by atoms with E-state index in [4.69, 9.17) is 4.74 Å². The molecule has 0 bridgehead atoms. The van der Waals surface area contributed by atoms with Crippen molar-refractivity contribution in [1.29, 1.82) is 0 Å². The van der Waals surface area contributed by atoms with E-state index >= 15 is 0 Å². The van der Waals surface area contributed by atoms with Crippen LogP contribution in [-0.2, 0) is 9.59 Å². The summed E-state index contributed by atoms with van der Waals surface area (Å²) in [5.41, 5.74) is 0.518. The van der Waals surface area contributed by atoms with Gasteiger partial charge in [0.2, 0.25) is 11.8 Å². The lowest BCUT2D eigenvalue weighted by atomic mass is 9.90. The zero-order valence-electron chi connectivity index (χ0n) is 15.4. The Bertz CT molecular complexity index is 993. The van der Waals surface area contributed by atoms with E-state index in [1.54, 1.807) is 57.5 Å². The molecule has 3 rings (SSSR count). The lowest BCUT2D eigenvalue weighted by molar-refractivity contribution is -0.135. The monoisotopic (exact) mass is 363 g/mol. The van der Waals surface area contributed by atoms with Gasteiger partial charge in [-0.25, -0.2) is 0 Å². The number of aromatic nitrogens is 1. The number of hydrogen-bond donors (Lipinski definition) is 2. The molecule has 0 fully saturated rings. The molecule has 6 nitrogen and oxygen atoms in total. The number of hydrogen-bond acceptors (Lipinski definition) is 4. The van der Waals surface area contributed by atoms with E-state index in [1.165, 1.54) is 0 Å². The lowest BCUT2D eigenvalue weighted by Crippen LogP contribution is -2.41. The minimum atomic E-state index is -1.29. The number of para-hydroxylation sites is 1. The highest BCUT2D eigenvalue weighted by Crippen LogP contribution is 2.26. The van der Waals surface area contributed by atoms with Crippen molar-refractivity contribution in [3.8, 4) is 5.75 Å². The maximum absolute atomic E-state index is 12.8. The van der Waals surface area contributed by atoms with Crippen LogP contribution in [0, 0.1) is 5.41 Å². The third kappa shape index (κ3) is 3.89. The number of carbonyl (C=O) groups excluding carboxylic acids is 2. The van der Waals surface area contributed by atoms with Gasteiger partial charge in [-0.05, 0) is 38.1 Å². The molecule has 138 valence electrons. The topological polar surface area (TPSA) is 80.3 Å². The number of carbonyl (C=O) groups is 2. The van der Waals surface area contributed by atoms with Gasteiger partial charge in [0.05, 0.1) is 18.3 Å². The molecule has 2 aromatic carbocycles. The number of rotatable bonds is 5. The predicted molar refractivity (Wildman–Crippen MR) is 106 cm³/mol. The maximum Gasteiger partial charge on any atom is 0.239 e. The molecule has 0 atom stereocenters. The van der Waals surface area contributed by atoms with Crippen LogP contribution in [0.4, 0.5) is 11.4 Å². The Hall–Kier alpha value is -3.41. The normalized spacial score (nSPS) is 11.1. The van der Waals surface area contributed by atoms with Gasteiger partial charge < -0.3 is 15.4 Å². The third-order valence-corrected chi connectivity index (χ3v) is 4.34. The van der Waals surface area contributed by atoms with Crippen LogP contribution in [0.3, 0.4) is 0 Å². The second-order valence-electron chi connectivity index (χ2n) is 6.65. The largest absolute Gasteiger partial charge is 0.497 e. The average molecular weight is 363 g/mol. The quantitative estimate of drug-likeness (QED) is 0.675. The molecule has 0 saturated carbocycles. The number of amides is 2. The van der Waals surface area contributed by atoms with E-state index in [0.29, 0.717) is 22.6 Å². The van der Waals surface area contributed by atoms with Gasteiger partial charge in [-0.15, -0.1) is 0 Å². The Morgan fingerprint density at radius 3 is 2.44 bits per heavy atom. The zero-order chi connectivity index (χ0) is 19.4. The number of nitrogens with one attached hydrogen (secondary N) is 2. The number of fused-ring (bicyclic) bond motifs is 1.